The summed E-state index contributed by atoms with van der Waals surface area (Å²) in [6.45, 7) is 5.16. The van der Waals surface area contributed by atoms with E-state index in [1.54, 1.807) is 24.3 Å². The second-order valence-corrected chi connectivity index (χ2v) is 5.68. The molecule has 0 aliphatic rings. The van der Waals surface area contributed by atoms with Crippen molar-refractivity contribution in [3.05, 3.63) is 36.4 Å². The second kappa shape index (κ2) is 9.02. The molecular formula is C16H21N3O3S. The predicted octanol–water partition coefficient (Wildman–Crippen LogP) is 2.03. The molecule has 0 aliphatic carbocycles. The van der Waals surface area contributed by atoms with E-state index in [-0.39, 0.29) is 16.9 Å². The Hall–Kier alpha value is -2.25. The number of hydrogen-bond donors (Lipinski definition) is 4. The topological polar surface area (TPSA) is 90.5 Å². The lowest BCUT2D eigenvalue weighted by atomic mass is 10.2. The first-order valence-electron chi connectivity index (χ1n) is 7.17. The third kappa shape index (κ3) is 7.53. The number of rotatable bonds is 5. The van der Waals surface area contributed by atoms with E-state index < -0.39 is 12.0 Å². The maximum atomic E-state index is 11.7. The molecule has 124 valence electrons. The van der Waals surface area contributed by atoms with E-state index in [9.17, 15) is 9.59 Å². The normalized spacial score (nSPS) is 12.0. The van der Waals surface area contributed by atoms with E-state index in [1.807, 2.05) is 13.8 Å². The van der Waals surface area contributed by atoms with Gasteiger partial charge in [0.05, 0.1) is 6.10 Å². The summed E-state index contributed by atoms with van der Waals surface area (Å²) in [5, 5.41) is 17.3. The predicted molar refractivity (Wildman–Crippen MR) is 95.1 cm³/mol. The van der Waals surface area contributed by atoms with Crippen molar-refractivity contribution in [1.29, 1.82) is 0 Å². The Labute approximate surface area is 141 Å². The lowest BCUT2D eigenvalue weighted by molar-refractivity contribution is -0.119. The first-order chi connectivity index (χ1) is 10.8. The van der Waals surface area contributed by atoms with Crippen LogP contribution in [0, 0.1) is 5.92 Å². The van der Waals surface area contributed by atoms with Crippen LogP contribution in [0.5, 0.6) is 0 Å². The van der Waals surface area contributed by atoms with Gasteiger partial charge in [-0.1, -0.05) is 26.0 Å². The molecule has 1 aromatic rings. The van der Waals surface area contributed by atoms with Gasteiger partial charge in [-0.3, -0.25) is 14.9 Å². The van der Waals surface area contributed by atoms with E-state index in [4.69, 9.17) is 17.3 Å². The average molecular weight is 335 g/mol. The highest BCUT2D eigenvalue weighted by Crippen LogP contribution is 2.15. The van der Waals surface area contributed by atoms with Crippen molar-refractivity contribution in [3.63, 3.8) is 0 Å². The number of carbonyl (C=O) groups excluding carboxylic acids is 2. The number of aliphatic hydroxyl groups is 1. The van der Waals surface area contributed by atoms with Crippen molar-refractivity contribution in [1.82, 2.24) is 5.32 Å². The molecule has 0 saturated heterocycles. The molecule has 0 bridgehead atoms. The largest absolute Gasteiger partial charge is 0.389 e. The highest BCUT2D eigenvalue weighted by molar-refractivity contribution is 7.80. The zero-order valence-electron chi connectivity index (χ0n) is 13.3. The van der Waals surface area contributed by atoms with E-state index >= 15 is 0 Å². The van der Waals surface area contributed by atoms with Crippen LogP contribution in [0.25, 0.3) is 0 Å². The molecule has 7 heteroatoms. The highest BCUT2D eigenvalue weighted by atomic mass is 32.1. The third-order valence-corrected chi connectivity index (χ3v) is 2.88. The highest BCUT2D eigenvalue weighted by Gasteiger charge is 2.08. The molecule has 6 nitrogen and oxygen atoms in total. The van der Waals surface area contributed by atoms with Gasteiger partial charge in [0, 0.05) is 23.4 Å². The molecule has 0 spiro atoms. The SMILES string of the molecule is CC(O)/C=C/C(=O)NC(=S)Nc1cccc(NC(=O)C(C)C)c1. The van der Waals surface area contributed by atoms with Crippen molar-refractivity contribution in [2.45, 2.75) is 26.9 Å². The Morgan fingerprint density at radius 3 is 2.35 bits per heavy atom. The van der Waals surface area contributed by atoms with Crippen molar-refractivity contribution in [2.24, 2.45) is 5.92 Å². The van der Waals surface area contributed by atoms with Gasteiger partial charge >= 0.3 is 0 Å². The summed E-state index contributed by atoms with van der Waals surface area (Å²) in [4.78, 5) is 23.2. The van der Waals surface area contributed by atoms with Crippen LogP contribution in [0.4, 0.5) is 11.4 Å². The molecule has 23 heavy (non-hydrogen) atoms. The summed E-state index contributed by atoms with van der Waals surface area (Å²) in [6, 6.07) is 6.99. The first-order valence-corrected chi connectivity index (χ1v) is 7.58. The number of anilines is 2. The Bertz CT molecular complexity index is 612. The summed E-state index contributed by atoms with van der Waals surface area (Å²) in [5.41, 5.74) is 1.27. The molecule has 1 unspecified atom stereocenters. The molecule has 0 fully saturated rings. The summed E-state index contributed by atoms with van der Waals surface area (Å²) < 4.78 is 0. The molecule has 0 aromatic heterocycles. The smallest absolute Gasteiger partial charge is 0.249 e. The van der Waals surface area contributed by atoms with Crippen molar-refractivity contribution in [2.75, 3.05) is 10.6 Å². The van der Waals surface area contributed by atoms with Gasteiger partial charge < -0.3 is 15.7 Å². The van der Waals surface area contributed by atoms with Gasteiger partial charge in [-0.25, -0.2) is 0 Å². The van der Waals surface area contributed by atoms with E-state index in [2.05, 4.69) is 16.0 Å². The van der Waals surface area contributed by atoms with E-state index in [0.717, 1.165) is 0 Å². The van der Waals surface area contributed by atoms with E-state index in [1.165, 1.54) is 19.1 Å². The van der Waals surface area contributed by atoms with E-state index in [0.29, 0.717) is 11.4 Å². The number of thiocarbonyl (C=S) groups is 1. The zero-order valence-corrected chi connectivity index (χ0v) is 14.1. The molecule has 1 atom stereocenters. The quantitative estimate of drug-likeness (QED) is 0.488. The van der Waals surface area contributed by atoms with Crippen LogP contribution in [-0.4, -0.2) is 28.1 Å². The number of benzene rings is 1. The maximum Gasteiger partial charge on any atom is 0.249 e. The molecule has 0 heterocycles. The Kier molecular flexibility index (Phi) is 7.37. The molecule has 1 rings (SSSR count). The number of amides is 2. The van der Waals surface area contributed by atoms with Crippen LogP contribution in [0.1, 0.15) is 20.8 Å². The van der Waals surface area contributed by atoms with Crippen LogP contribution in [0.3, 0.4) is 0 Å². The van der Waals surface area contributed by atoms with Gasteiger partial charge in [0.1, 0.15) is 0 Å². The number of hydrogen-bond acceptors (Lipinski definition) is 4. The van der Waals surface area contributed by atoms with Gasteiger partial charge in [0.2, 0.25) is 11.8 Å². The van der Waals surface area contributed by atoms with Crippen LogP contribution in [0.2, 0.25) is 0 Å². The van der Waals surface area contributed by atoms with Crippen molar-refractivity contribution >= 4 is 40.5 Å². The number of carbonyl (C=O) groups is 2. The van der Waals surface area contributed by atoms with Crippen LogP contribution in [-0.2, 0) is 9.59 Å². The summed E-state index contributed by atoms with van der Waals surface area (Å²) in [7, 11) is 0. The third-order valence-electron chi connectivity index (χ3n) is 2.68. The Morgan fingerprint density at radius 1 is 1.17 bits per heavy atom. The minimum atomic E-state index is -0.705. The fourth-order valence-electron chi connectivity index (χ4n) is 1.50. The molecule has 0 saturated carbocycles. The van der Waals surface area contributed by atoms with Crippen molar-refractivity contribution in [3.8, 4) is 0 Å². The van der Waals surface area contributed by atoms with Crippen LogP contribution in [0.15, 0.2) is 36.4 Å². The minimum absolute atomic E-state index is 0.0821. The molecule has 1 aromatic carbocycles. The molecule has 0 radical (unpaired) electrons. The summed E-state index contributed by atoms with van der Waals surface area (Å²) in [5.74, 6) is -0.637. The molecule has 4 N–H and O–H groups in total. The van der Waals surface area contributed by atoms with Crippen LogP contribution < -0.4 is 16.0 Å². The number of aliphatic hydroxyl groups excluding tert-OH is 1. The summed E-state index contributed by atoms with van der Waals surface area (Å²) in [6.07, 6.45) is 1.85. The van der Waals surface area contributed by atoms with Crippen molar-refractivity contribution < 1.29 is 14.7 Å². The first kappa shape index (κ1) is 18.8. The standard InChI is InChI=1S/C16H21N3O3S/c1-10(2)15(22)17-12-5-4-6-13(9-12)18-16(23)19-14(21)8-7-11(3)20/h4-11,20H,1-3H3,(H,17,22)(H2,18,19,21,23)/b8-7+. The van der Waals surface area contributed by atoms with Crippen LogP contribution >= 0.6 is 12.2 Å². The summed E-state index contributed by atoms with van der Waals surface area (Å²) >= 11 is 5.04. The Morgan fingerprint density at radius 2 is 1.78 bits per heavy atom. The maximum absolute atomic E-state index is 11.7. The van der Waals surface area contributed by atoms with Gasteiger partial charge in [-0.15, -0.1) is 0 Å². The Balaban J connectivity index is 2.62. The average Bonchev–Trinajstić information content (AvgIpc) is 2.45. The fourth-order valence-corrected chi connectivity index (χ4v) is 1.72. The lowest BCUT2D eigenvalue weighted by Gasteiger charge is -2.11. The monoisotopic (exact) mass is 335 g/mol. The van der Waals surface area contributed by atoms with Gasteiger partial charge in [0.15, 0.2) is 5.11 Å². The minimum Gasteiger partial charge on any atom is -0.389 e. The van der Waals surface area contributed by atoms with Gasteiger partial charge in [-0.05, 0) is 37.3 Å². The lowest BCUT2D eigenvalue weighted by Crippen LogP contribution is -2.33. The zero-order chi connectivity index (χ0) is 17.4. The fraction of sp³-hybridized carbons (Fsp3) is 0.312. The molecule has 0 aliphatic heterocycles. The molecule has 2 amide bonds. The second-order valence-electron chi connectivity index (χ2n) is 5.27. The van der Waals surface area contributed by atoms with Gasteiger partial charge in [-0.2, -0.15) is 0 Å². The number of nitrogens with one attached hydrogen (secondary N) is 3. The molecular weight excluding hydrogens is 314 g/mol. The van der Waals surface area contributed by atoms with Gasteiger partial charge in [0.25, 0.3) is 0 Å².